The average Bonchev–Trinajstić information content (AvgIpc) is 3.73. The molecule has 3 unspecified atom stereocenters. The van der Waals surface area contributed by atoms with Crippen molar-refractivity contribution in [3.05, 3.63) is 86.3 Å². The lowest BCUT2D eigenvalue weighted by atomic mass is 9.93. The number of hydrogen-bond acceptors (Lipinski definition) is 6. The maximum Gasteiger partial charge on any atom is 0.306 e. The van der Waals surface area contributed by atoms with Gasteiger partial charge in [-0.05, 0) is 61.2 Å². The minimum absolute atomic E-state index is 0.104. The van der Waals surface area contributed by atoms with Crippen molar-refractivity contribution < 1.29 is 32.2 Å². The maximum absolute atomic E-state index is 15.1. The number of amides is 1. The molecule has 2 aliphatic rings. The molecule has 3 aromatic rings. The molecule has 2 aromatic carbocycles. The van der Waals surface area contributed by atoms with Gasteiger partial charge in [-0.25, -0.2) is 12.8 Å². The van der Waals surface area contributed by atoms with Gasteiger partial charge in [-0.3, -0.25) is 13.9 Å². The van der Waals surface area contributed by atoms with Gasteiger partial charge in [0.1, 0.15) is 18.0 Å². The number of morpholine rings is 1. The molecule has 1 N–H and O–H groups in total. The van der Waals surface area contributed by atoms with Gasteiger partial charge in [0.15, 0.2) is 0 Å². The summed E-state index contributed by atoms with van der Waals surface area (Å²) in [4.78, 5) is 28.1. The molecule has 1 saturated carbocycles. The van der Waals surface area contributed by atoms with Gasteiger partial charge in [0.2, 0.25) is 10.0 Å². The van der Waals surface area contributed by atoms with E-state index in [1.54, 1.807) is 49.4 Å². The number of sulfonamides is 1. The van der Waals surface area contributed by atoms with Gasteiger partial charge >= 0.3 is 5.97 Å². The molecule has 1 saturated heterocycles. The van der Waals surface area contributed by atoms with E-state index >= 15 is 4.39 Å². The number of nitrogens with zero attached hydrogens (tertiary/aromatic N) is 2. The first-order valence-corrected chi connectivity index (χ1v) is 16.5. The number of halogens is 3. The number of rotatable bonds is 11. The largest absolute Gasteiger partial charge is 0.481 e. The fourth-order valence-corrected chi connectivity index (χ4v) is 8.60. The summed E-state index contributed by atoms with van der Waals surface area (Å²) >= 11 is 13.9. The van der Waals surface area contributed by atoms with Crippen LogP contribution in [0.1, 0.15) is 55.2 Å². The first-order valence-electron chi connectivity index (χ1n) is 13.5. The first kappa shape index (κ1) is 30.7. The fourth-order valence-electron chi connectivity index (χ4n) is 5.32. The van der Waals surface area contributed by atoms with Crippen LogP contribution in [0, 0.1) is 5.82 Å². The minimum atomic E-state index is -3.95. The van der Waals surface area contributed by atoms with E-state index in [0.717, 1.165) is 4.31 Å². The third-order valence-electron chi connectivity index (χ3n) is 7.47. The summed E-state index contributed by atoms with van der Waals surface area (Å²) in [5.41, 5.74) is 0.504. The first-order chi connectivity index (χ1) is 20.0. The van der Waals surface area contributed by atoms with Crippen LogP contribution in [-0.2, 0) is 24.3 Å². The Bertz CT molecular complexity index is 1580. The van der Waals surface area contributed by atoms with Gasteiger partial charge in [-0.1, -0.05) is 54.4 Å². The highest BCUT2D eigenvalue weighted by molar-refractivity contribution is 7.93. The average molecular weight is 656 g/mol. The summed E-state index contributed by atoms with van der Waals surface area (Å²) in [6.07, 6.45) is -1.58. The molecule has 1 aliphatic carbocycles. The van der Waals surface area contributed by atoms with Crippen molar-refractivity contribution in [1.82, 2.24) is 4.90 Å². The number of benzene rings is 2. The van der Waals surface area contributed by atoms with Crippen molar-refractivity contribution >= 4 is 62.1 Å². The van der Waals surface area contributed by atoms with Crippen molar-refractivity contribution in [1.29, 1.82) is 0 Å². The van der Waals surface area contributed by atoms with Crippen LogP contribution in [0.2, 0.25) is 9.36 Å². The number of carbonyl (C=O) groups is 2. The van der Waals surface area contributed by atoms with E-state index in [2.05, 4.69) is 0 Å². The van der Waals surface area contributed by atoms with Crippen LogP contribution in [0.5, 0.6) is 0 Å². The van der Waals surface area contributed by atoms with Crippen LogP contribution >= 0.6 is 34.5 Å². The standard InChI is InChI=1S/C29H29Cl2FN2O6S2/c1-2-19(16-33(42(38,39)20-10-11-20)22-9-4-3-8-21(22)32)34-27(24-12-13-25(31)41-24)28(17-6-5-7-18(30)14-17)40-23(29(34)37)15-26(35)36/h3-9,12-14,19-20,23,27-28H,2,10-11,15-16H2,1H3,(H,35,36)/t19?,23?,27?,28-/m1/s1. The maximum atomic E-state index is 15.1. The Morgan fingerprint density at radius 1 is 1.17 bits per heavy atom. The Kier molecular flexibility index (Phi) is 9.15. The third-order valence-corrected chi connectivity index (χ3v) is 11.3. The highest BCUT2D eigenvalue weighted by Crippen LogP contribution is 2.47. The SMILES string of the molecule is CCC(CN(c1ccccc1F)S(=O)(=O)C1CC1)N1C(=O)C(CC(=O)O)O[C@H](c2cccc(Cl)c2)C1c1ccc(Cl)s1. The molecule has 2 fully saturated rings. The highest BCUT2D eigenvalue weighted by atomic mass is 35.5. The molecule has 8 nitrogen and oxygen atoms in total. The number of ether oxygens (including phenoxy) is 1. The number of carboxylic acid groups (broad SMARTS) is 1. The Morgan fingerprint density at radius 3 is 2.50 bits per heavy atom. The molecule has 4 atom stereocenters. The number of para-hydroxylation sites is 1. The third kappa shape index (κ3) is 6.30. The van der Waals surface area contributed by atoms with Crippen molar-refractivity contribution in [2.24, 2.45) is 0 Å². The predicted molar refractivity (Wildman–Crippen MR) is 160 cm³/mol. The fraction of sp³-hybridized carbons (Fsp3) is 0.379. The van der Waals surface area contributed by atoms with E-state index in [9.17, 15) is 23.1 Å². The zero-order chi connectivity index (χ0) is 30.2. The molecule has 1 aliphatic heterocycles. The molecule has 0 spiro atoms. The number of carboxylic acids is 1. The van der Waals surface area contributed by atoms with Gasteiger partial charge in [0.05, 0.1) is 40.3 Å². The molecule has 5 rings (SSSR count). The van der Waals surface area contributed by atoms with Crippen LogP contribution in [-0.4, -0.2) is 54.2 Å². The summed E-state index contributed by atoms with van der Waals surface area (Å²) in [5, 5.41) is 9.42. The Balaban J connectivity index is 1.64. The van der Waals surface area contributed by atoms with Gasteiger partial charge < -0.3 is 14.7 Å². The van der Waals surface area contributed by atoms with Gasteiger partial charge in [0.25, 0.3) is 5.91 Å². The topological polar surface area (TPSA) is 104 Å². The van der Waals surface area contributed by atoms with Gasteiger partial charge in [-0.2, -0.15) is 0 Å². The molecular weight excluding hydrogens is 626 g/mol. The molecule has 13 heteroatoms. The van der Waals surface area contributed by atoms with Crippen molar-refractivity contribution in [2.45, 2.75) is 62.1 Å². The Morgan fingerprint density at radius 2 is 1.90 bits per heavy atom. The minimum Gasteiger partial charge on any atom is -0.481 e. The molecule has 1 aromatic heterocycles. The number of aliphatic carboxylic acids is 1. The van der Waals surface area contributed by atoms with Crippen LogP contribution in [0.4, 0.5) is 10.1 Å². The zero-order valence-corrected chi connectivity index (χ0v) is 25.7. The van der Waals surface area contributed by atoms with Crippen molar-refractivity contribution in [3.8, 4) is 0 Å². The van der Waals surface area contributed by atoms with E-state index in [0.29, 0.717) is 32.6 Å². The number of carbonyl (C=O) groups excluding carboxylic acids is 1. The molecule has 0 radical (unpaired) electrons. The molecular formula is C29H29Cl2FN2O6S2. The van der Waals surface area contributed by atoms with Gasteiger partial charge in [-0.15, -0.1) is 11.3 Å². The molecule has 42 heavy (non-hydrogen) atoms. The molecule has 2 heterocycles. The lowest BCUT2D eigenvalue weighted by molar-refractivity contribution is -0.182. The van der Waals surface area contributed by atoms with E-state index < -0.39 is 63.7 Å². The monoisotopic (exact) mass is 654 g/mol. The Hall–Kier alpha value is -2.70. The van der Waals surface area contributed by atoms with Crippen molar-refractivity contribution in [3.63, 3.8) is 0 Å². The zero-order valence-electron chi connectivity index (χ0n) is 22.5. The molecule has 224 valence electrons. The van der Waals surface area contributed by atoms with Crippen LogP contribution in [0.15, 0.2) is 60.7 Å². The second-order valence-electron chi connectivity index (χ2n) is 10.3. The van der Waals surface area contributed by atoms with E-state index in [1.807, 2.05) is 0 Å². The summed E-state index contributed by atoms with van der Waals surface area (Å²) in [7, 11) is -3.95. The summed E-state index contributed by atoms with van der Waals surface area (Å²) in [6, 6.07) is 14.4. The molecule has 1 amide bonds. The summed E-state index contributed by atoms with van der Waals surface area (Å²) in [5.74, 6) is -2.53. The van der Waals surface area contributed by atoms with E-state index in [4.69, 9.17) is 27.9 Å². The van der Waals surface area contributed by atoms with Crippen LogP contribution in [0.3, 0.4) is 0 Å². The van der Waals surface area contributed by atoms with Crippen LogP contribution < -0.4 is 4.31 Å². The Labute approximate surface area is 257 Å². The van der Waals surface area contributed by atoms with Gasteiger partial charge in [0, 0.05) is 9.90 Å². The lowest BCUT2D eigenvalue weighted by Crippen LogP contribution is -2.58. The van der Waals surface area contributed by atoms with Crippen LogP contribution in [0.25, 0.3) is 0 Å². The predicted octanol–water partition coefficient (Wildman–Crippen LogP) is 6.46. The molecule has 0 bridgehead atoms. The number of anilines is 1. The smallest absolute Gasteiger partial charge is 0.306 e. The summed E-state index contributed by atoms with van der Waals surface area (Å²) < 4.78 is 50.2. The second-order valence-corrected chi connectivity index (χ2v) is 14.6. The van der Waals surface area contributed by atoms with E-state index in [-0.39, 0.29) is 18.7 Å². The normalized spacial score (nSPS) is 21.8. The summed E-state index contributed by atoms with van der Waals surface area (Å²) in [6.45, 7) is 1.56. The van der Waals surface area contributed by atoms with Crippen molar-refractivity contribution in [2.75, 3.05) is 10.8 Å². The second kappa shape index (κ2) is 12.5. The quantitative estimate of drug-likeness (QED) is 0.255. The lowest BCUT2D eigenvalue weighted by Gasteiger charge is -2.48. The highest BCUT2D eigenvalue weighted by Gasteiger charge is 2.49. The number of hydrogen-bond donors (Lipinski definition) is 1. The van der Waals surface area contributed by atoms with E-state index in [1.165, 1.54) is 34.4 Å². The number of thiophene rings is 1.